The topological polar surface area (TPSA) is 60.9 Å². The van der Waals surface area contributed by atoms with Gasteiger partial charge in [0.2, 0.25) is 0 Å². The molecule has 0 aliphatic carbocycles. The van der Waals surface area contributed by atoms with Gasteiger partial charge < -0.3 is 5.73 Å². The first kappa shape index (κ1) is 9.77. The number of nitrogens with two attached hydrogens (primary N) is 1. The Kier molecular flexibility index (Phi) is 2.70. The lowest BCUT2D eigenvalue weighted by molar-refractivity contribution is 0.632. The van der Waals surface area contributed by atoms with E-state index in [-0.39, 0.29) is 5.56 Å². The molecule has 4 nitrogen and oxygen atoms in total. The molecule has 0 aliphatic rings. The summed E-state index contributed by atoms with van der Waals surface area (Å²) in [4.78, 5) is 11.3. The highest BCUT2D eigenvalue weighted by atomic mass is 16.1. The molecule has 0 atom stereocenters. The number of nitrogen functional groups attached to an aromatic ring is 1. The Morgan fingerprint density at radius 2 is 2.23 bits per heavy atom. The van der Waals surface area contributed by atoms with Crippen molar-refractivity contribution < 1.29 is 0 Å². The van der Waals surface area contributed by atoms with Crippen LogP contribution in [-0.4, -0.2) is 9.78 Å². The molecule has 0 spiro atoms. The van der Waals surface area contributed by atoms with E-state index >= 15 is 0 Å². The van der Waals surface area contributed by atoms with E-state index in [0.29, 0.717) is 11.6 Å². The number of aryl methyl sites for hydroxylation is 1. The van der Waals surface area contributed by atoms with Gasteiger partial charge in [-0.3, -0.25) is 4.79 Å². The molecular weight excluding hydrogens is 166 g/mol. The molecule has 1 rings (SSSR count). The molecule has 13 heavy (non-hydrogen) atoms. The number of aromatic nitrogens is 2. The normalized spacial score (nSPS) is 10.8. The molecule has 4 heteroatoms. The van der Waals surface area contributed by atoms with Gasteiger partial charge in [0.1, 0.15) is 5.69 Å². The third-order valence-corrected chi connectivity index (χ3v) is 1.89. The van der Waals surface area contributed by atoms with E-state index in [9.17, 15) is 4.79 Å². The summed E-state index contributed by atoms with van der Waals surface area (Å²) in [5.74, 6) is 0.483. The minimum Gasteiger partial charge on any atom is -0.394 e. The zero-order valence-corrected chi connectivity index (χ0v) is 8.24. The van der Waals surface area contributed by atoms with E-state index in [1.807, 2.05) is 0 Å². The Morgan fingerprint density at radius 3 is 2.77 bits per heavy atom. The Bertz CT molecular complexity index is 354. The first-order valence-electron chi connectivity index (χ1n) is 4.33. The van der Waals surface area contributed by atoms with Crippen LogP contribution in [0.1, 0.15) is 19.4 Å². The molecule has 0 fully saturated rings. The van der Waals surface area contributed by atoms with Gasteiger partial charge in [-0.05, 0) is 12.3 Å². The van der Waals surface area contributed by atoms with Crippen molar-refractivity contribution in [3.05, 3.63) is 22.1 Å². The van der Waals surface area contributed by atoms with Crippen LogP contribution in [0.2, 0.25) is 0 Å². The van der Waals surface area contributed by atoms with Gasteiger partial charge in [0.25, 0.3) is 5.56 Å². The van der Waals surface area contributed by atoms with Crippen LogP contribution in [0.15, 0.2) is 11.0 Å². The average Bonchev–Trinajstić information content (AvgIpc) is 2.06. The minimum atomic E-state index is -0.210. The van der Waals surface area contributed by atoms with Crippen LogP contribution in [-0.2, 0) is 13.5 Å². The van der Waals surface area contributed by atoms with Crippen molar-refractivity contribution in [3.8, 4) is 0 Å². The molecule has 0 saturated heterocycles. The molecule has 0 unspecified atom stereocenters. The van der Waals surface area contributed by atoms with Crippen molar-refractivity contribution >= 4 is 5.69 Å². The van der Waals surface area contributed by atoms with Gasteiger partial charge in [-0.25, -0.2) is 4.68 Å². The summed E-state index contributed by atoms with van der Waals surface area (Å²) in [5, 5.41) is 3.92. The molecule has 0 amide bonds. The molecule has 0 aromatic carbocycles. The Hall–Kier alpha value is -1.32. The van der Waals surface area contributed by atoms with Gasteiger partial charge in [0.15, 0.2) is 0 Å². The summed E-state index contributed by atoms with van der Waals surface area (Å²) >= 11 is 0. The van der Waals surface area contributed by atoms with Crippen molar-refractivity contribution in [2.45, 2.75) is 20.3 Å². The second kappa shape index (κ2) is 3.60. The van der Waals surface area contributed by atoms with E-state index in [1.165, 1.54) is 4.68 Å². The minimum absolute atomic E-state index is 0.210. The van der Waals surface area contributed by atoms with Gasteiger partial charge in [-0.2, -0.15) is 5.10 Å². The molecule has 2 N–H and O–H groups in total. The van der Waals surface area contributed by atoms with Crippen molar-refractivity contribution in [1.82, 2.24) is 9.78 Å². The average molecular weight is 181 g/mol. The maximum atomic E-state index is 11.3. The lowest BCUT2D eigenvalue weighted by Gasteiger charge is -2.07. The van der Waals surface area contributed by atoms with E-state index < -0.39 is 0 Å². The molecule has 1 heterocycles. The maximum absolute atomic E-state index is 11.3. The summed E-state index contributed by atoms with van der Waals surface area (Å²) in [6.45, 7) is 4.16. The Balaban J connectivity index is 3.11. The molecule has 0 saturated carbocycles. The number of hydrogen-bond donors (Lipinski definition) is 1. The van der Waals surface area contributed by atoms with E-state index in [4.69, 9.17) is 5.73 Å². The van der Waals surface area contributed by atoms with Crippen LogP contribution in [0.3, 0.4) is 0 Å². The van der Waals surface area contributed by atoms with E-state index in [1.54, 1.807) is 13.2 Å². The molecule has 1 aromatic heterocycles. The Labute approximate surface area is 77.4 Å². The van der Waals surface area contributed by atoms with Crippen molar-refractivity contribution in [2.24, 2.45) is 13.0 Å². The molecule has 1 aromatic rings. The summed E-state index contributed by atoms with van der Waals surface area (Å²) in [6.07, 6.45) is 2.46. The summed E-state index contributed by atoms with van der Waals surface area (Å²) in [5.41, 5.74) is 6.62. The number of nitrogens with zero attached hydrogens (tertiary/aromatic N) is 2. The molecular formula is C9H15N3O. The van der Waals surface area contributed by atoms with Crippen molar-refractivity contribution in [3.63, 3.8) is 0 Å². The van der Waals surface area contributed by atoms with Crippen molar-refractivity contribution in [1.29, 1.82) is 0 Å². The zero-order chi connectivity index (χ0) is 10.0. The van der Waals surface area contributed by atoms with Gasteiger partial charge in [-0.1, -0.05) is 13.8 Å². The highest BCUT2D eigenvalue weighted by molar-refractivity contribution is 5.42. The van der Waals surface area contributed by atoms with E-state index in [0.717, 1.165) is 12.0 Å². The summed E-state index contributed by atoms with van der Waals surface area (Å²) in [7, 11) is 1.60. The van der Waals surface area contributed by atoms with Crippen LogP contribution < -0.4 is 11.3 Å². The predicted octanol–water partition coefficient (Wildman–Crippen LogP) is 0.561. The largest absolute Gasteiger partial charge is 0.394 e. The molecule has 0 bridgehead atoms. The predicted molar refractivity (Wildman–Crippen MR) is 52.4 cm³/mol. The van der Waals surface area contributed by atoms with Gasteiger partial charge >= 0.3 is 0 Å². The quantitative estimate of drug-likeness (QED) is 0.725. The fraction of sp³-hybridized carbons (Fsp3) is 0.556. The monoisotopic (exact) mass is 181 g/mol. The summed E-state index contributed by atoms with van der Waals surface area (Å²) in [6, 6.07) is 0. The highest BCUT2D eigenvalue weighted by Crippen LogP contribution is 2.10. The molecule has 0 aliphatic heterocycles. The summed E-state index contributed by atoms with van der Waals surface area (Å²) < 4.78 is 1.25. The second-order valence-electron chi connectivity index (χ2n) is 3.61. The van der Waals surface area contributed by atoms with Gasteiger partial charge in [0, 0.05) is 12.6 Å². The fourth-order valence-corrected chi connectivity index (χ4v) is 1.19. The molecule has 72 valence electrons. The third-order valence-electron chi connectivity index (χ3n) is 1.89. The lowest BCUT2D eigenvalue weighted by Crippen LogP contribution is -2.24. The first-order chi connectivity index (χ1) is 6.02. The number of anilines is 1. The number of hydrogen-bond acceptors (Lipinski definition) is 3. The molecule has 0 radical (unpaired) electrons. The SMILES string of the molecule is CC(C)Cc1cnn(C)c(=O)c1N. The second-order valence-corrected chi connectivity index (χ2v) is 3.61. The van der Waals surface area contributed by atoms with Crippen molar-refractivity contribution in [2.75, 3.05) is 5.73 Å². The Morgan fingerprint density at radius 1 is 1.62 bits per heavy atom. The van der Waals surface area contributed by atoms with Crippen LogP contribution >= 0.6 is 0 Å². The standard InChI is InChI=1S/C9H15N3O/c1-6(2)4-7-5-11-12(3)9(13)8(7)10/h5-6H,4,10H2,1-3H3. The number of rotatable bonds is 2. The van der Waals surface area contributed by atoms with Crippen LogP contribution in [0.4, 0.5) is 5.69 Å². The smallest absolute Gasteiger partial charge is 0.289 e. The van der Waals surface area contributed by atoms with E-state index in [2.05, 4.69) is 18.9 Å². The van der Waals surface area contributed by atoms with Gasteiger partial charge in [-0.15, -0.1) is 0 Å². The van der Waals surface area contributed by atoms with Crippen LogP contribution in [0, 0.1) is 5.92 Å². The lowest BCUT2D eigenvalue weighted by atomic mass is 10.0. The third kappa shape index (κ3) is 2.08. The van der Waals surface area contributed by atoms with Gasteiger partial charge in [0.05, 0.1) is 6.20 Å². The fourth-order valence-electron chi connectivity index (χ4n) is 1.19. The first-order valence-corrected chi connectivity index (χ1v) is 4.33. The highest BCUT2D eigenvalue weighted by Gasteiger charge is 2.07. The maximum Gasteiger partial charge on any atom is 0.289 e. The van der Waals surface area contributed by atoms with Crippen LogP contribution in [0.5, 0.6) is 0 Å². The zero-order valence-electron chi connectivity index (χ0n) is 8.24. The van der Waals surface area contributed by atoms with Crippen LogP contribution in [0.25, 0.3) is 0 Å².